The third-order valence-electron chi connectivity index (χ3n) is 5.92. The van der Waals surface area contributed by atoms with Crippen LogP contribution in [-0.2, 0) is 9.59 Å². The first-order valence-corrected chi connectivity index (χ1v) is 10.8. The van der Waals surface area contributed by atoms with Gasteiger partial charge in [-0.1, -0.05) is 29.8 Å². The summed E-state index contributed by atoms with van der Waals surface area (Å²) in [5, 5.41) is 0. The zero-order valence-corrected chi connectivity index (χ0v) is 18.1. The number of halogens is 1. The molecule has 0 bridgehead atoms. The fourth-order valence-electron chi connectivity index (χ4n) is 4.20. The first kappa shape index (κ1) is 20.8. The molecule has 0 unspecified atom stereocenters. The number of hydrogen-bond acceptors (Lipinski definition) is 6. The quantitative estimate of drug-likeness (QED) is 0.578. The molecule has 0 aliphatic carbocycles. The van der Waals surface area contributed by atoms with Gasteiger partial charge in [-0.3, -0.25) is 9.59 Å². The van der Waals surface area contributed by atoms with E-state index in [0.717, 1.165) is 10.5 Å². The van der Waals surface area contributed by atoms with Gasteiger partial charge in [0.1, 0.15) is 11.5 Å². The number of rotatable bonds is 4. The number of piperazine rings is 1. The van der Waals surface area contributed by atoms with E-state index in [1.165, 1.54) is 24.3 Å². The van der Waals surface area contributed by atoms with Crippen molar-refractivity contribution in [1.29, 1.82) is 0 Å². The number of aromatic nitrogens is 2. The van der Waals surface area contributed by atoms with Crippen LogP contribution in [0.1, 0.15) is 11.1 Å². The van der Waals surface area contributed by atoms with Gasteiger partial charge < -0.3 is 9.80 Å². The first-order valence-electron chi connectivity index (χ1n) is 10.8. The number of carbonyl (C=O) groups is 2. The van der Waals surface area contributed by atoms with Gasteiger partial charge in [-0.25, -0.2) is 19.3 Å². The molecule has 3 heterocycles. The molecular formula is C25H22FN5O2. The maximum Gasteiger partial charge on any atom is 0.282 e. The molecule has 0 radical (unpaired) electrons. The predicted molar refractivity (Wildman–Crippen MR) is 123 cm³/mol. The molecule has 8 heteroatoms. The summed E-state index contributed by atoms with van der Waals surface area (Å²) >= 11 is 0. The normalized spacial score (nSPS) is 16.7. The smallest absolute Gasteiger partial charge is 0.282 e. The highest BCUT2D eigenvalue weighted by Crippen LogP contribution is 2.35. The molecule has 0 spiro atoms. The van der Waals surface area contributed by atoms with Crippen LogP contribution < -0.4 is 9.80 Å². The van der Waals surface area contributed by atoms with Crippen molar-refractivity contribution >= 4 is 29.0 Å². The highest BCUT2D eigenvalue weighted by Gasteiger charge is 2.43. The summed E-state index contributed by atoms with van der Waals surface area (Å²) in [6, 6.07) is 14.7. The standard InChI is InChI=1S/C25H22FN5O2/c1-17-3-5-18(6-4-17)21-22(24(33)31(23(21)32)20-9-7-19(26)8-10-20)29-13-15-30(16-14-29)25-27-11-2-12-28-25/h2-12H,13-16H2,1H3. The Morgan fingerprint density at radius 1 is 0.788 bits per heavy atom. The molecule has 2 aliphatic rings. The summed E-state index contributed by atoms with van der Waals surface area (Å²) in [4.78, 5) is 40.9. The van der Waals surface area contributed by atoms with E-state index in [2.05, 4.69) is 14.9 Å². The van der Waals surface area contributed by atoms with Crippen LogP contribution in [0.4, 0.5) is 16.0 Å². The Labute approximate surface area is 190 Å². The van der Waals surface area contributed by atoms with Crippen LogP contribution in [0.25, 0.3) is 5.57 Å². The Kier molecular flexibility index (Phi) is 5.34. The second-order valence-corrected chi connectivity index (χ2v) is 8.03. The van der Waals surface area contributed by atoms with Gasteiger partial charge in [0.25, 0.3) is 11.8 Å². The predicted octanol–water partition coefficient (Wildman–Crippen LogP) is 3.03. The van der Waals surface area contributed by atoms with Crippen molar-refractivity contribution < 1.29 is 14.0 Å². The van der Waals surface area contributed by atoms with Gasteiger partial charge in [0.2, 0.25) is 5.95 Å². The molecule has 0 atom stereocenters. The van der Waals surface area contributed by atoms with Gasteiger partial charge in [-0.15, -0.1) is 0 Å². The Morgan fingerprint density at radius 3 is 2.03 bits per heavy atom. The Balaban J connectivity index is 1.50. The zero-order valence-electron chi connectivity index (χ0n) is 18.1. The van der Waals surface area contributed by atoms with Crippen molar-refractivity contribution in [2.45, 2.75) is 6.92 Å². The SMILES string of the molecule is Cc1ccc(C2=C(N3CCN(c4ncccn4)CC3)C(=O)N(c3ccc(F)cc3)C2=O)cc1. The van der Waals surface area contributed by atoms with Crippen molar-refractivity contribution in [1.82, 2.24) is 14.9 Å². The second kappa shape index (κ2) is 8.46. The largest absolute Gasteiger partial charge is 0.363 e. The number of imide groups is 1. The number of hydrogen-bond donors (Lipinski definition) is 0. The summed E-state index contributed by atoms with van der Waals surface area (Å²) in [6.07, 6.45) is 3.40. The van der Waals surface area contributed by atoms with E-state index in [-0.39, 0.29) is 0 Å². The van der Waals surface area contributed by atoms with E-state index in [9.17, 15) is 14.0 Å². The van der Waals surface area contributed by atoms with Gasteiger partial charge in [-0.05, 0) is 42.8 Å². The van der Waals surface area contributed by atoms with Gasteiger partial charge in [0.15, 0.2) is 0 Å². The minimum atomic E-state index is -0.427. The molecule has 166 valence electrons. The van der Waals surface area contributed by atoms with Crippen LogP contribution in [0, 0.1) is 12.7 Å². The molecule has 33 heavy (non-hydrogen) atoms. The number of carbonyl (C=O) groups excluding carboxylic acids is 2. The molecule has 2 aliphatic heterocycles. The Hall–Kier alpha value is -4.07. The number of anilines is 2. The fourth-order valence-corrected chi connectivity index (χ4v) is 4.20. The van der Waals surface area contributed by atoms with Crippen molar-refractivity contribution in [3.8, 4) is 0 Å². The number of amides is 2. The molecule has 1 fully saturated rings. The molecule has 7 nitrogen and oxygen atoms in total. The van der Waals surface area contributed by atoms with Crippen molar-refractivity contribution in [3.05, 3.63) is 89.6 Å². The Morgan fingerprint density at radius 2 is 1.39 bits per heavy atom. The van der Waals surface area contributed by atoms with Crippen LogP contribution in [0.3, 0.4) is 0 Å². The average Bonchev–Trinajstić information content (AvgIpc) is 3.11. The molecule has 1 aromatic heterocycles. The summed E-state index contributed by atoms with van der Waals surface area (Å²) in [7, 11) is 0. The van der Waals surface area contributed by atoms with Crippen LogP contribution in [-0.4, -0.2) is 52.9 Å². The summed E-state index contributed by atoms with van der Waals surface area (Å²) < 4.78 is 13.5. The van der Waals surface area contributed by atoms with E-state index in [0.29, 0.717) is 54.6 Å². The van der Waals surface area contributed by atoms with Gasteiger partial charge in [0.05, 0.1) is 11.3 Å². The maximum atomic E-state index is 13.6. The molecule has 0 saturated carbocycles. The summed E-state index contributed by atoms with van der Waals surface area (Å²) in [5.74, 6) is -0.582. The van der Waals surface area contributed by atoms with Gasteiger partial charge in [-0.2, -0.15) is 0 Å². The maximum absolute atomic E-state index is 13.6. The topological polar surface area (TPSA) is 69.6 Å². The number of nitrogens with zero attached hydrogens (tertiary/aromatic N) is 5. The molecule has 2 aromatic carbocycles. The van der Waals surface area contributed by atoms with E-state index >= 15 is 0 Å². The monoisotopic (exact) mass is 443 g/mol. The fraction of sp³-hybridized carbons (Fsp3) is 0.200. The summed E-state index contributed by atoms with van der Waals surface area (Å²) in [6.45, 7) is 4.29. The number of aryl methyl sites for hydroxylation is 1. The molecule has 2 amide bonds. The lowest BCUT2D eigenvalue weighted by Gasteiger charge is -2.36. The number of benzene rings is 2. The molecule has 3 aromatic rings. The highest BCUT2D eigenvalue weighted by molar-refractivity contribution is 6.45. The molecule has 0 N–H and O–H groups in total. The van der Waals surface area contributed by atoms with Gasteiger partial charge >= 0.3 is 0 Å². The minimum Gasteiger partial charge on any atom is -0.363 e. The molecule has 5 rings (SSSR count). The van der Waals surface area contributed by atoms with Crippen LogP contribution in [0.15, 0.2) is 72.7 Å². The van der Waals surface area contributed by atoms with E-state index < -0.39 is 17.6 Å². The minimum absolute atomic E-state index is 0.349. The van der Waals surface area contributed by atoms with Crippen molar-refractivity contribution in [3.63, 3.8) is 0 Å². The second-order valence-electron chi connectivity index (χ2n) is 8.03. The van der Waals surface area contributed by atoms with Crippen molar-refractivity contribution in [2.75, 3.05) is 36.0 Å². The molecule has 1 saturated heterocycles. The third-order valence-corrected chi connectivity index (χ3v) is 5.92. The lowest BCUT2D eigenvalue weighted by atomic mass is 10.0. The van der Waals surface area contributed by atoms with Crippen LogP contribution >= 0.6 is 0 Å². The van der Waals surface area contributed by atoms with E-state index in [4.69, 9.17) is 0 Å². The average molecular weight is 443 g/mol. The Bertz CT molecular complexity index is 1220. The summed E-state index contributed by atoms with van der Waals surface area (Å²) in [5.41, 5.74) is 2.84. The van der Waals surface area contributed by atoms with Crippen LogP contribution in [0.2, 0.25) is 0 Å². The first-order chi connectivity index (χ1) is 16.0. The molecular weight excluding hydrogens is 421 g/mol. The zero-order chi connectivity index (χ0) is 22.9. The highest BCUT2D eigenvalue weighted by atomic mass is 19.1. The van der Waals surface area contributed by atoms with E-state index in [1.807, 2.05) is 36.1 Å². The third kappa shape index (κ3) is 3.84. The lowest BCUT2D eigenvalue weighted by Crippen LogP contribution is -2.48. The lowest BCUT2D eigenvalue weighted by molar-refractivity contribution is -0.120. The van der Waals surface area contributed by atoms with Crippen LogP contribution in [0.5, 0.6) is 0 Å². The van der Waals surface area contributed by atoms with Crippen molar-refractivity contribution in [2.24, 2.45) is 0 Å². The van der Waals surface area contributed by atoms with Gasteiger partial charge in [0, 0.05) is 38.6 Å². The van der Waals surface area contributed by atoms with E-state index in [1.54, 1.807) is 18.5 Å².